The van der Waals surface area contributed by atoms with Crippen LogP contribution in [0.2, 0.25) is 0 Å². The molecule has 0 spiro atoms. The summed E-state index contributed by atoms with van der Waals surface area (Å²) < 4.78 is 38.7. The van der Waals surface area contributed by atoms with Crippen molar-refractivity contribution in [1.82, 2.24) is 15.1 Å². The van der Waals surface area contributed by atoms with Gasteiger partial charge in [-0.2, -0.15) is 0 Å². The molecule has 1 aromatic carbocycles. The van der Waals surface area contributed by atoms with Crippen molar-refractivity contribution in [2.75, 3.05) is 33.9 Å². The molecule has 0 saturated carbocycles. The fourth-order valence-corrected chi connectivity index (χ4v) is 4.07. The summed E-state index contributed by atoms with van der Waals surface area (Å²) in [6, 6.07) is 3.52. The minimum atomic E-state index is -0.686. The maximum Gasteiger partial charge on any atom is 0.251 e. The van der Waals surface area contributed by atoms with Gasteiger partial charge in [0, 0.05) is 51.3 Å². The molecule has 0 aromatic heterocycles. The van der Waals surface area contributed by atoms with Crippen LogP contribution in [0, 0.1) is 11.6 Å². The predicted molar refractivity (Wildman–Crippen MR) is 105 cm³/mol. The molecule has 29 heavy (non-hydrogen) atoms. The molecule has 3 atom stereocenters. The molecule has 2 bridgehead atoms. The molecule has 6 nitrogen and oxygen atoms in total. The number of nitrogens with one attached hydrogen (secondary N) is 1. The van der Waals surface area contributed by atoms with Crippen molar-refractivity contribution in [2.24, 2.45) is 0 Å². The van der Waals surface area contributed by atoms with Crippen LogP contribution in [0.5, 0.6) is 0 Å². The summed E-state index contributed by atoms with van der Waals surface area (Å²) in [4.78, 5) is 17.4. The van der Waals surface area contributed by atoms with E-state index in [1.54, 1.807) is 7.11 Å². The van der Waals surface area contributed by atoms with Crippen molar-refractivity contribution >= 4 is 5.91 Å². The predicted octanol–water partition coefficient (Wildman–Crippen LogP) is 2.25. The third kappa shape index (κ3) is 4.60. The molecule has 2 aliphatic heterocycles. The number of ether oxygens (including phenoxy) is 2. The maximum absolute atomic E-state index is 13.9. The lowest BCUT2D eigenvalue weighted by molar-refractivity contribution is -0.119. The molecule has 160 valence electrons. The first kappa shape index (κ1) is 21.7. The van der Waals surface area contributed by atoms with E-state index in [9.17, 15) is 13.6 Å². The van der Waals surface area contributed by atoms with Gasteiger partial charge in [-0.3, -0.25) is 9.69 Å². The van der Waals surface area contributed by atoms with E-state index >= 15 is 0 Å². The Kier molecular flexibility index (Phi) is 6.87. The van der Waals surface area contributed by atoms with E-state index < -0.39 is 11.6 Å². The Labute approximate surface area is 170 Å². The van der Waals surface area contributed by atoms with Gasteiger partial charge < -0.3 is 19.7 Å². The SMILES string of the molecule is CCN1C[C@@H]2C[C@@H](OC)/C(=C(\C(=O)NCc3ccc(F)cc3F)COC1C)N2C. The van der Waals surface area contributed by atoms with Gasteiger partial charge in [-0.1, -0.05) is 13.0 Å². The number of hydrogen-bond acceptors (Lipinski definition) is 5. The first-order valence-corrected chi connectivity index (χ1v) is 9.92. The van der Waals surface area contributed by atoms with Gasteiger partial charge in [-0.05, 0) is 19.5 Å². The average molecular weight is 409 g/mol. The van der Waals surface area contributed by atoms with Gasteiger partial charge in [-0.25, -0.2) is 8.78 Å². The van der Waals surface area contributed by atoms with Crippen molar-refractivity contribution < 1.29 is 23.0 Å². The van der Waals surface area contributed by atoms with Crippen LogP contribution in [0.3, 0.4) is 0 Å². The number of halogens is 2. The van der Waals surface area contributed by atoms with Gasteiger partial charge in [-0.15, -0.1) is 0 Å². The van der Waals surface area contributed by atoms with Crippen molar-refractivity contribution in [3.8, 4) is 0 Å². The van der Waals surface area contributed by atoms with Gasteiger partial charge in [0.2, 0.25) is 0 Å². The Morgan fingerprint density at radius 3 is 2.79 bits per heavy atom. The molecule has 1 unspecified atom stereocenters. The molecule has 1 amide bonds. The fraction of sp³-hybridized carbons (Fsp3) is 0.571. The van der Waals surface area contributed by atoms with Crippen molar-refractivity contribution in [3.63, 3.8) is 0 Å². The van der Waals surface area contributed by atoms with Crippen LogP contribution in [-0.2, 0) is 20.8 Å². The normalized spacial score (nSPS) is 28.1. The Morgan fingerprint density at radius 2 is 2.14 bits per heavy atom. The number of nitrogens with zero attached hydrogens (tertiary/aromatic N) is 2. The van der Waals surface area contributed by atoms with Gasteiger partial charge in [0.15, 0.2) is 0 Å². The molecule has 0 radical (unpaired) electrons. The zero-order valence-corrected chi connectivity index (χ0v) is 17.4. The van der Waals surface area contributed by atoms with Gasteiger partial charge in [0.25, 0.3) is 5.91 Å². The molecule has 8 heteroatoms. The third-order valence-electron chi connectivity index (χ3n) is 5.88. The Bertz CT molecular complexity index is 786. The Morgan fingerprint density at radius 1 is 1.38 bits per heavy atom. The van der Waals surface area contributed by atoms with E-state index in [-0.39, 0.29) is 43.0 Å². The topological polar surface area (TPSA) is 54.0 Å². The second kappa shape index (κ2) is 9.19. The van der Waals surface area contributed by atoms with Crippen LogP contribution in [0.1, 0.15) is 25.8 Å². The fourth-order valence-electron chi connectivity index (χ4n) is 4.07. The minimum absolute atomic E-state index is 0.0385. The minimum Gasteiger partial charge on any atom is -0.375 e. The summed E-state index contributed by atoms with van der Waals surface area (Å²) in [5.41, 5.74) is 1.51. The van der Waals surface area contributed by atoms with Crippen LogP contribution >= 0.6 is 0 Å². The summed E-state index contributed by atoms with van der Waals surface area (Å²) in [6.07, 6.45) is 0.449. The van der Waals surface area contributed by atoms with Crippen LogP contribution in [0.25, 0.3) is 0 Å². The Balaban J connectivity index is 1.85. The highest BCUT2D eigenvalue weighted by atomic mass is 19.1. The van der Waals surface area contributed by atoms with Crippen LogP contribution in [0.4, 0.5) is 8.78 Å². The first-order valence-electron chi connectivity index (χ1n) is 9.92. The van der Waals surface area contributed by atoms with E-state index in [0.717, 1.165) is 31.3 Å². The molecule has 1 saturated heterocycles. The largest absolute Gasteiger partial charge is 0.375 e. The van der Waals surface area contributed by atoms with E-state index in [2.05, 4.69) is 22.0 Å². The summed E-state index contributed by atoms with van der Waals surface area (Å²) >= 11 is 0. The highest BCUT2D eigenvalue weighted by Gasteiger charge is 2.40. The monoisotopic (exact) mass is 409 g/mol. The van der Waals surface area contributed by atoms with Crippen molar-refractivity contribution in [1.29, 1.82) is 0 Å². The molecule has 3 rings (SSSR count). The summed E-state index contributed by atoms with van der Waals surface area (Å²) in [5, 5.41) is 2.75. The summed E-state index contributed by atoms with van der Waals surface area (Å²) in [6.45, 7) is 5.80. The molecule has 1 fully saturated rings. The molecular weight excluding hydrogens is 380 g/mol. The molecule has 1 N–H and O–H groups in total. The van der Waals surface area contributed by atoms with Gasteiger partial charge in [0.05, 0.1) is 24.0 Å². The second-order valence-electron chi connectivity index (χ2n) is 7.50. The quantitative estimate of drug-likeness (QED) is 0.809. The van der Waals surface area contributed by atoms with Gasteiger partial charge >= 0.3 is 0 Å². The standard InChI is InChI=1S/C21H29F2N3O3/c1-5-26-11-16-9-19(28-4)20(25(16)3)17(12-29-13(26)2)21(27)24-10-14-6-7-15(22)8-18(14)23/h6-8,13,16,19H,5,9-12H2,1-4H3,(H,24,27)/b20-17+/t13?,16-,19+/m0/s1. The number of benzene rings is 1. The number of carbonyl (C=O) groups is 1. The van der Waals surface area contributed by atoms with E-state index in [1.165, 1.54) is 12.1 Å². The average Bonchev–Trinajstić information content (AvgIpc) is 3.02. The number of rotatable bonds is 5. The number of hydrogen-bond donors (Lipinski definition) is 1. The Hall–Kier alpha value is -2.03. The number of methoxy groups -OCH3 is 1. The van der Waals surface area contributed by atoms with Crippen molar-refractivity contribution in [3.05, 3.63) is 46.7 Å². The molecule has 2 aliphatic rings. The lowest BCUT2D eigenvalue weighted by Crippen LogP contribution is -2.43. The zero-order chi connectivity index (χ0) is 21.1. The number of carbonyl (C=O) groups excluding carboxylic acids is 1. The molecule has 2 heterocycles. The van der Waals surface area contributed by atoms with Crippen LogP contribution < -0.4 is 5.32 Å². The zero-order valence-electron chi connectivity index (χ0n) is 17.4. The number of fused-ring (bicyclic) bond motifs is 2. The van der Waals surface area contributed by atoms with E-state index in [1.807, 2.05) is 14.0 Å². The van der Waals surface area contributed by atoms with E-state index in [4.69, 9.17) is 9.47 Å². The summed E-state index contributed by atoms with van der Waals surface area (Å²) in [7, 11) is 3.60. The van der Waals surface area contributed by atoms with Crippen molar-refractivity contribution in [2.45, 2.75) is 45.2 Å². The van der Waals surface area contributed by atoms with Crippen LogP contribution in [-0.4, -0.2) is 67.9 Å². The lowest BCUT2D eigenvalue weighted by atomic mass is 10.1. The number of likely N-dealkylation sites (N-methyl/N-ethyl adjacent to an activating group) is 2. The number of amides is 1. The third-order valence-corrected chi connectivity index (χ3v) is 5.88. The smallest absolute Gasteiger partial charge is 0.251 e. The first-order chi connectivity index (χ1) is 13.8. The highest BCUT2D eigenvalue weighted by molar-refractivity contribution is 5.94. The molecule has 0 aliphatic carbocycles. The van der Waals surface area contributed by atoms with Crippen LogP contribution in [0.15, 0.2) is 29.5 Å². The molecule has 1 aromatic rings. The molecular formula is C21H29F2N3O3. The van der Waals surface area contributed by atoms with E-state index in [0.29, 0.717) is 5.57 Å². The second-order valence-corrected chi connectivity index (χ2v) is 7.50. The maximum atomic E-state index is 13.9. The van der Waals surface area contributed by atoms with Gasteiger partial charge in [0.1, 0.15) is 17.9 Å². The summed E-state index contributed by atoms with van der Waals surface area (Å²) in [5.74, 6) is -1.67. The highest BCUT2D eigenvalue weighted by Crippen LogP contribution is 2.33. The lowest BCUT2D eigenvalue weighted by Gasteiger charge is -2.31.